The molecule has 2 aromatic rings. The number of carbonyl (C=O) groups is 1. The zero-order valence-corrected chi connectivity index (χ0v) is 12.5. The van der Waals surface area contributed by atoms with Crippen LogP contribution in [0.1, 0.15) is 24.8 Å². The van der Waals surface area contributed by atoms with Crippen molar-refractivity contribution in [2.24, 2.45) is 0 Å². The van der Waals surface area contributed by atoms with Crippen LogP contribution < -0.4 is 5.32 Å². The van der Waals surface area contributed by atoms with Gasteiger partial charge in [0.15, 0.2) is 0 Å². The molecule has 0 radical (unpaired) electrons. The number of ether oxygens (including phenoxy) is 1. The fourth-order valence-electron chi connectivity index (χ4n) is 1.68. The molecular weight excluding hydrogens is 272 g/mol. The summed E-state index contributed by atoms with van der Waals surface area (Å²) in [6, 6.07) is 7.59. The predicted octanol–water partition coefficient (Wildman–Crippen LogP) is 4.47. The molecule has 0 saturated carbocycles. The molecule has 0 unspecified atom stereocenters. The first-order valence-corrected chi connectivity index (χ1v) is 7.53. The van der Waals surface area contributed by atoms with Gasteiger partial charge in [-0.25, -0.2) is 9.78 Å². The van der Waals surface area contributed by atoms with E-state index in [1.807, 2.05) is 36.6 Å². The van der Waals surface area contributed by atoms with Crippen molar-refractivity contribution in [2.75, 3.05) is 11.9 Å². The number of aromatic nitrogens is 1. The van der Waals surface area contributed by atoms with Gasteiger partial charge in [0, 0.05) is 16.6 Å². The van der Waals surface area contributed by atoms with Crippen molar-refractivity contribution < 1.29 is 9.53 Å². The van der Waals surface area contributed by atoms with Crippen LogP contribution in [-0.4, -0.2) is 17.7 Å². The quantitative estimate of drug-likeness (QED) is 0.827. The summed E-state index contributed by atoms with van der Waals surface area (Å²) in [5.41, 5.74) is 2.73. The van der Waals surface area contributed by atoms with Crippen LogP contribution in [0, 0.1) is 6.92 Å². The molecule has 0 bridgehead atoms. The van der Waals surface area contributed by atoms with Crippen molar-refractivity contribution in [3.8, 4) is 11.3 Å². The average molecular weight is 290 g/mol. The van der Waals surface area contributed by atoms with E-state index in [1.54, 1.807) is 11.3 Å². The van der Waals surface area contributed by atoms with Gasteiger partial charge in [0.05, 0.1) is 17.3 Å². The summed E-state index contributed by atoms with van der Waals surface area (Å²) in [7, 11) is 0. The van der Waals surface area contributed by atoms with Gasteiger partial charge in [-0.3, -0.25) is 5.32 Å². The highest BCUT2D eigenvalue weighted by Gasteiger charge is 2.05. The molecule has 106 valence electrons. The Hall–Kier alpha value is -1.88. The molecule has 0 aliphatic rings. The van der Waals surface area contributed by atoms with E-state index in [-0.39, 0.29) is 0 Å². The first kappa shape index (κ1) is 14.5. The summed E-state index contributed by atoms with van der Waals surface area (Å²) in [6.45, 7) is 4.50. The summed E-state index contributed by atoms with van der Waals surface area (Å²) in [5, 5.41) is 5.77. The number of nitrogens with zero attached hydrogens (tertiary/aromatic N) is 1. The second-order valence-corrected chi connectivity index (χ2v) is 5.51. The Bertz CT molecular complexity index is 564. The second-order valence-electron chi connectivity index (χ2n) is 4.44. The van der Waals surface area contributed by atoms with Crippen LogP contribution >= 0.6 is 11.3 Å². The van der Waals surface area contributed by atoms with Crippen molar-refractivity contribution in [2.45, 2.75) is 26.7 Å². The van der Waals surface area contributed by atoms with E-state index in [9.17, 15) is 4.79 Å². The van der Waals surface area contributed by atoms with Gasteiger partial charge < -0.3 is 4.74 Å². The molecule has 0 atom stereocenters. The topological polar surface area (TPSA) is 51.2 Å². The van der Waals surface area contributed by atoms with Gasteiger partial charge in [-0.1, -0.05) is 25.5 Å². The van der Waals surface area contributed by atoms with Crippen LogP contribution in [0.3, 0.4) is 0 Å². The highest BCUT2D eigenvalue weighted by atomic mass is 32.1. The Balaban J connectivity index is 1.93. The molecule has 0 spiro atoms. The molecule has 0 aliphatic heterocycles. The molecular formula is C15H18N2O2S. The lowest BCUT2D eigenvalue weighted by Gasteiger charge is -2.06. The van der Waals surface area contributed by atoms with Crippen molar-refractivity contribution in [3.63, 3.8) is 0 Å². The molecule has 0 saturated heterocycles. The number of carbonyl (C=O) groups excluding carboxylic acids is 1. The lowest BCUT2D eigenvalue weighted by molar-refractivity contribution is 0.160. The number of anilines is 1. The fraction of sp³-hybridized carbons (Fsp3) is 0.333. The first-order chi connectivity index (χ1) is 9.69. The maximum absolute atomic E-state index is 11.5. The van der Waals surface area contributed by atoms with Crippen molar-refractivity contribution in [1.29, 1.82) is 0 Å². The molecule has 1 amide bonds. The monoisotopic (exact) mass is 290 g/mol. The molecule has 1 aromatic heterocycles. The maximum Gasteiger partial charge on any atom is 0.411 e. The fourth-order valence-corrected chi connectivity index (χ4v) is 2.31. The summed E-state index contributed by atoms with van der Waals surface area (Å²) < 4.78 is 5.04. The Morgan fingerprint density at radius 2 is 2.10 bits per heavy atom. The number of benzene rings is 1. The van der Waals surface area contributed by atoms with E-state index in [1.165, 1.54) is 0 Å². The molecule has 2 rings (SSSR count). The number of unbranched alkanes of at least 4 members (excludes halogenated alkanes) is 1. The van der Waals surface area contributed by atoms with Crippen LogP contribution in [0.5, 0.6) is 0 Å². The molecule has 1 heterocycles. The van der Waals surface area contributed by atoms with Gasteiger partial charge in [-0.15, -0.1) is 11.3 Å². The molecule has 4 nitrogen and oxygen atoms in total. The Morgan fingerprint density at radius 3 is 2.70 bits per heavy atom. The van der Waals surface area contributed by atoms with E-state index in [4.69, 9.17) is 4.74 Å². The summed E-state index contributed by atoms with van der Waals surface area (Å²) in [6.07, 6.45) is 1.49. The van der Waals surface area contributed by atoms with Crippen molar-refractivity contribution >= 4 is 23.1 Å². The lowest BCUT2D eigenvalue weighted by atomic mass is 10.1. The standard InChI is InChI=1S/C15H18N2O2S/c1-3-4-9-19-15(18)17-13-7-5-12(6-8-13)14-10-20-11(2)16-14/h5-8,10H,3-4,9H2,1-2H3,(H,17,18). The zero-order chi connectivity index (χ0) is 14.4. The van der Waals surface area contributed by atoms with Crippen LogP contribution in [-0.2, 0) is 4.74 Å². The lowest BCUT2D eigenvalue weighted by Crippen LogP contribution is -2.14. The summed E-state index contributed by atoms with van der Waals surface area (Å²) >= 11 is 1.62. The van der Waals surface area contributed by atoms with E-state index in [0.29, 0.717) is 6.61 Å². The van der Waals surface area contributed by atoms with E-state index in [2.05, 4.69) is 17.2 Å². The van der Waals surface area contributed by atoms with Crippen LogP contribution in [0.2, 0.25) is 0 Å². The van der Waals surface area contributed by atoms with Crippen molar-refractivity contribution in [3.05, 3.63) is 34.7 Å². The zero-order valence-electron chi connectivity index (χ0n) is 11.7. The highest BCUT2D eigenvalue weighted by molar-refractivity contribution is 7.09. The third-order valence-electron chi connectivity index (χ3n) is 2.78. The first-order valence-electron chi connectivity index (χ1n) is 6.65. The minimum absolute atomic E-state index is 0.407. The SMILES string of the molecule is CCCCOC(=O)Nc1ccc(-c2csc(C)n2)cc1. The van der Waals surface area contributed by atoms with Crippen LogP contribution in [0.25, 0.3) is 11.3 Å². The number of nitrogens with one attached hydrogen (secondary N) is 1. The maximum atomic E-state index is 11.5. The predicted molar refractivity (Wildman–Crippen MR) is 82.2 cm³/mol. The van der Waals surface area contributed by atoms with Crippen LogP contribution in [0.15, 0.2) is 29.6 Å². The van der Waals surface area contributed by atoms with Gasteiger partial charge in [0.2, 0.25) is 0 Å². The molecule has 1 N–H and O–H groups in total. The van der Waals surface area contributed by atoms with Gasteiger partial charge in [0.1, 0.15) is 0 Å². The number of rotatable bonds is 5. The van der Waals surface area contributed by atoms with Crippen LogP contribution in [0.4, 0.5) is 10.5 Å². The molecule has 5 heteroatoms. The normalized spacial score (nSPS) is 10.3. The van der Waals surface area contributed by atoms with E-state index >= 15 is 0 Å². The Morgan fingerprint density at radius 1 is 1.35 bits per heavy atom. The van der Waals surface area contributed by atoms with Gasteiger partial charge in [0.25, 0.3) is 0 Å². The molecule has 20 heavy (non-hydrogen) atoms. The minimum atomic E-state index is -0.407. The average Bonchev–Trinajstić information content (AvgIpc) is 2.86. The summed E-state index contributed by atoms with van der Waals surface area (Å²) in [5.74, 6) is 0. The van der Waals surface area contributed by atoms with E-state index in [0.717, 1.165) is 34.8 Å². The van der Waals surface area contributed by atoms with Crippen molar-refractivity contribution in [1.82, 2.24) is 4.98 Å². The molecule has 0 aliphatic carbocycles. The van der Waals surface area contributed by atoms with Gasteiger partial charge in [-0.2, -0.15) is 0 Å². The third kappa shape index (κ3) is 4.06. The highest BCUT2D eigenvalue weighted by Crippen LogP contribution is 2.23. The number of hydrogen-bond acceptors (Lipinski definition) is 4. The molecule has 0 fully saturated rings. The largest absolute Gasteiger partial charge is 0.449 e. The smallest absolute Gasteiger partial charge is 0.411 e. The third-order valence-corrected chi connectivity index (χ3v) is 3.55. The summed E-state index contributed by atoms with van der Waals surface area (Å²) in [4.78, 5) is 15.9. The number of thiazole rings is 1. The number of amides is 1. The minimum Gasteiger partial charge on any atom is -0.449 e. The Kier molecular flexibility index (Phi) is 5.12. The van der Waals surface area contributed by atoms with Gasteiger partial charge in [-0.05, 0) is 25.5 Å². The van der Waals surface area contributed by atoms with Gasteiger partial charge >= 0.3 is 6.09 Å². The van der Waals surface area contributed by atoms with E-state index < -0.39 is 6.09 Å². The number of hydrogen-bond donors (Lipinski definition) is 1. The molecule has 1 aromatic carbocycles. The Labute approximate surface area is 122 Å². The second kappa shape index (κ2) is 7.05. The number of aryl methyl sites for hydroxylation is 1.